The molecule has 6 atom stereocenters. The molecular formula is C46H58N8O6S2. The normalized spacial score (nSPS) is 18.8. The summed E-state index contributed by atoms with van der Waals surface area (Å²) < 4.78 is 9.65. The zero-order valence-corrected chi connectivity index (χ0v) is 37.8. The SMILES string of the molecule is COC(=O)NC(C(=O)N1CCCC1c1nc2ccc(-c3cc(-c4ccccc4)c(-c4ccc(N)c(NC(S)C5CCCN5C(O)C(NC(=O)OC)C(C)C)c4)s3)cc2[nH]1)C(C)C. The minimum Gasteiger partial charge on any atom is -0.453 e. The smallest absolute Gasteiger partial charge is 0.407 e. The van der Waals surface area contributed by atoms with Gasteiger partial charge in [-0.3, -0.25) is 9.69 Å². The minimum absolute atomic E-state index is 0.0422. The number of thiophene rings is 1. The van der Waals surface area contributed by atoms with Gasteiger partial charge < -0.3 is 46.1 Å². The Kier molecular flexibility index (Phi) is 14.0. The molecule has 330 valence electrons. The zero-order valence-electron chi connectivity index (χ0n) is 36.1. The summed E-state index contributed by atoms with van der Waals surface area (Å²) in [7, 11) is 2.61. The van der Waals surface area contributed by atoms with Crippen LogP contribution in [0.4, 0.5) is 21.0 Å². The third-order valence-corrected chi connectivity index (χ3v) is 13.7. The third kappa shape index (κ3) is 9.53. The molecule has 7 rings (SSSR count). The maximum atomic E-state index is 13.8. The predicted molar refractivity (Wildman–Crippen MR) is 249 cm³/mol. The monoisotopic (exact) mass is 882 g/mol. The second-order valence-electron chi connectivity index (χ2n) is 16.8. The molecule has 2 aromatic heterocycles. The molecule has 2 saturated heterocycles. The molecule has 6 unspecified atom stereocenters. The van der Waals surface area contributed by atoms with Crippen LogP contribution in [0.15, 0.2) is 72.8 Å². The number of carbonyl (C=O) groups is 3. The number of likely N-dealkylation sites (tertiary alicyclic amines) is 2. The average molecular weight is 883 g/mol. The maximum absolute atomic E-state index is 13.8. The van der Waals surface area contributed by atoms with Gasteiger partial charge in [0.15, 0.2) is 0 Å². The van der Waals surface area contributed by atoms with E-state index in [0.29, 0.717) is 18.8 Å². The van der Waals surface area contributed by atoms with Crippen molar-refractivity contribution in [2.75, 3.05) is 38.4 Å². The number of alkyl carbamates (subject to hydrolysis) is 2. The number of H-pyrrole nitrogens is 1. The predicted octanol–water partition coefficient (Wildman–Crippen LogP) is 8.08. The lowest BCUT2D eigenvalue weighted by molar-refractivity contribution is -0.135. The maximum Gasteiger partial charge on any atom is 0.407 e. The summed E-state index contributed by atoms with van der Waals surface area (Å²) >= 11 is 6.72. The number of aliphatic hydroxyl groups excluding tert-OH is 1. The summed E-state index contributed by atoms with van der Waals surface area (Å²) in [6, 6.07) is 23.1. The molecule has 0 bridgehead atoms. The minimum atomic E-state index is -0.937. The summed E-state index contributed by atoms with van der Waals surface area (Å²) in [6.45, 7) is 8.95. The summed E-state index contributed by atoms with van der Waals surface area (Å²) in [5, 5.41) is 20.2. The van der Waals surface area contributed by atoms with Gasteiger partial charge in [-0.1, -0.05) is 70.2 Å². The van der Waals surface area contributed by atoms with E-state index in [1.165, 1.54) is 14.2 Å². The van der Waals surface area contributed by atoms with Crippen molar-refractivity contribution in [1.82, 2.24) is 30.4 Å². The number of hydrogen-bond donors (Lipinski definition) is 7. The van der Waals surface area contributed by atoms with Crippen LogP contribution in [-0.4, -0.2) is 100 Å². The van der Waals surface area contributed by atoms with Crippen LogP contribution in [0.25, 0.3) is 43.0 Å². The molecule has 16 heteroatoms. The van der Waals surface area contributed by atoms with Crippen LogP contribution in [0.5, 0.6) is 0 Å². The van der Waals surface area contributed by atoms with Crippen molar-refractivity contribution in [1.29, 1.82) is 0 Å². The highest BCUT2D eigenvalue weighted by atomic mass is 32.1. The second-order valence-corrected chi connectivity index (χ2v) is 18.4. The van der Waals surface area contributed by atoms with E-state index in [1.807, 2.05) is 73.9 Å². The van der Waals surface area contributed by atoms with E-state index < -0.39 is 30.5 Å². The first-order valence-corrected chi connectivity index (χ1v) is 22.6. The first-order valence-electron chi connectivity index (χ1n) is 21.2. The van der Waals surface area contributed by atoms with Crippen LogP contribution in [0.1, 0.15) is 65.2 Å². The summed E-state index contributed by atoms with van der Waals surface area (Å²) in [4.78, 5) is 52.5. The first kappa shape index (κ1) is 44.8. The number of aromatic nitrogens is 2. The number of ether oxygens (including phenoxy) is 2. The number of carbonyl (C=O) groups excluding carboxylic acids is 3. The Labute approximate surface area is 372 Å². The van der Waals surface area contributed by atoms with Crippen molar-refractivity contribution in [2.45, 2.75) is 89.1 Å². The molecule has 0 radical (unpaired) electrons. The number of methoxy groups -OCH3 is 2. The van der Waals surface area contributed by atoms with Crippen molar-refractivity contribution in [2.24, 2.45) is 11.8 Å². The van der Waals surface area contributed by atoms with Crippen molar-refractivity contribution < 1.29 is 29.0 Å². The van der Waals surface area contributed by atoms with Crippen LogP contribution in [0.2, 0.25) is 0 Å². The summed E-state index contributed by atoms with van der Waals surface area (Å²) in [5.41, 5.74) is 13.8. The Morgan fingerprint density at radius 2 is 1.60 bits per heavy atom. The molecule has 3 amide bonds. The van der Waals surface area contributed by atoms with Crippen molar-refractivity contribution in [3.05, 3.63) is 78.6 Å². The number of rotatable bonds is 14. The van der Waals surface area contributed by atoms with Gasteiger partial charge >= 0.3 is 12.2 Å². The molecular weight excluding hydrogens is 825 g/mol. The number of thiol groups is 1. The van der Waals surface area contributed by atoms with Gasteiger partial charge in [0.1, 0.15) is 18.1 Å². The highest BCUT2D eigenvalue weighted by Gasteiger charge is 2.40. The van der Waals surface area contributed by atoms with Crippen LogP contribution in [0, 0.1) is 11.8 Å². The van der Waals surface area contributed by atoms with Crippen LogP contribution < -0.4 is 21.7 Å². The van der Waals surface area contributed by atoms with Gasteiger partial charge in [0.25, 0.3) is 0 Å². The Morgan fingerprint density at radius 1 is 0.887 bits per heavy atom. The fourth-order valence-electron chi connectivity index (χ4n) is 8.66. The number of benzene rings is 3. The fraction of sp³-hybridized carbons (Fsp3) is 0.435. The fourth-order valence-corrected chi connectivity index (χ4v) is 10.3. The lowest BCUT2D eigenvalue weighted by Crippen LogP contribution is -2.57. The topological polar surface area (TPSA) is 187 Å². The van der Waals surface area contributed by atoms with E-state index >= 15 is 0 Å². The number of aliphatic hydroxyl groups is 1. The Balaban J connectivity index is 1.16. The van der Waals surface area contributed by atoms with Crippen LogP contribution in [-0.2, 0) is 14.3 Å². The van der Waals surface area contributed by atoms with Crippen molar-refractivity contribution in [3.63, 3.8) is 0 Å². The molecule has 7 N–H and O–H groups in total. The molecule has 2 aliphatic rings. The van der Waals surface area contributed by atoms with E-state index in [9.17, 15) is 19.5 Å². The van der Waals surface area contributed by atoms with Crippen LogP contribution >= 0.6 is 24.0 Å². The summed E-state index contributed by atoms with van der Waals surface area (Å²) in [6.07, 6.45) is 1.11. The molecule has 0 spiro atoms. The average Bonchev–Trinajstić information content (AvgIpc) is 4.11. The third-order valence-electron chi connectivity index (χ3n) is 12.0. The van der Waals surface area contributed by atoms with Gasteiger partial charge in [-0.15, -0.1) is 11.3 Å². The number of imidazole rings is 1. The molecule has 0 saturated carbocycles. The quantitative estimate of drug-likeness (QED) is 0.0327. The molecule has 4 heterocycles. The molecule has 2 aliphatic heterocycles. The van der Waals surface area contributed by atoms with Gasteiger partial charge in [0.05, 0.1) is 54.1 Å². The highest BCUT2D eigenvalue weighted by Crippen LogP contribution is 2.45. The highest BCUT2D eigenvalue weighted by molar-refractivity contribution is 7.81. The number of nitrogens with zero attached hydrogens (tertiary/aromatic N) is 3. The Hall–Kier alpha value is -5.29. The lowest BCUT2D eigenvalue weighted by atomic mass is 10.0. The Morgan fingerprint density at radius 3 is 2.31 bits per heavy atom. The number of amides is 3. The van der Waals surface area contributed by atoms with Gasteiger partial charge in [0, 0.05) is 34.4 Å². The van der Waals surface area contributed by atoms with E-state index in [1.54, 1.807) is 11.3 Å². The van der Waals surface area contributed by atoms with Gasteiger partial charge in [0.2, 0.25) is 5.91 Å². The number of nitrogens with one attached hydrogen (secondary N) is 4. The van der Waals surface area contributed by atoms with Crippen molar-refractivity contribution in [3.8, 4) is 32.0 Å². The zero-order chi connectivity index (χ0) is 44.2. The van der Waals surface area contributed by atoms with Gasteiger partial charge in [-0.05, 0) is 84.5 Å². The molecule has 3 aromatic carbocycles. The van der Waals surface area contributed by atoms with Crippen LogP contribution in [0.3, 0.4) is 0 Å². The van der Waals surface area contributed by atoms with E-state index in [2.05, 4.69) is 57.3 Å². The lowest BCUT2D eigenvalue weighted by Gasteiger charge is -2.38. The number of anilines is 2. The van der Waals surface area contributed by atoms with Gasteiger partial charge in [-0.2, -0.15) is 12.6 Å². The first-order chi connectivity index (χ1) is 29.8. The van der Waals surface area contributed by atoms with Crippen molar-refractivity contribution >= 4 is 64.5 Å². The van der Waals surface area contributed by atoms with E-state index in [4.69, 9.17) is 32.8 Å². The molecule has 14 nitrogen and oxygen atoms in total. The molecule has 5 aromatic rings. The largest absolute Gasteiger partial charge is 0.453 e. The molecule has 0 aliphatic carbocycles. The molecule has 2 fully saturated rings. The molecule has 62 heavy (non-hydrogen) atoms. The number of nitrogen functional groups attached to an aromatic ring is 1. The number of nitrogens with two attached hydrogens (primary N) is 1. The number of hydrogen-bond acceptors (Lipinski definition) is 12. The van der Waals surface area contributed by atoms with E-state index in [-0.39, 0.29) is 35.2 Å². The summed E-state index contributed by atoms with van der Waals surface area (Å²) in [5.74, 6) is 0.402. The number of aromatic amines is 1. The van der Waals surface area contributed by atoms with Gasteiger partial charge in [-0.25, -0.2) is 14.6 Å². The Bertz CT molecular complexity index is 2370. The van der Waals surface area contributed by atoms with E-state index in [0.717, 1.165) is 80.2 Å². The number of fused-ring (bicyclic) bond motifs is 1. The second kappa shape index (κ2) is 19.4. The standard InChI is InChI=1S/C46H58N8O6S2/c1-25(2)38(51-45(57)59-5)43(55)53-20-10-14-35(53)41-48-32-19-17-28(22-34(32)49-41)37-24-30(27-12-8-7-9-13-27)40(62-37)29-16-18-31(47)33(23-29)50-42(61)36-15-11-21-54(36)44(56)39(26(3)4)52-46(58)60-6/h7-9,12-13,16-19,22-26,35-36,38-39,42,44,50,56,61H,10-11,14-15,20-21,47H2,1-6H3,(H,48,49)(H,51,57)(H,52,58).